The summed E-state index contributed by atoms with van der Waals surface area (Å²) in [6.45, 7) is 1.59. The zero-order chi connectivity index (χ0) is 21.8. The summed E-state index contributed by atoms with van der Waals surface area (Å²) < 4.78 is 4.74. The van der Waals surface area contributed by atoms with Gasteiger partial charge in [0.25, 0.3) is 5.56 Å². The number of anilines is 2. The van der Waals surface area contributed by atoms with Gasteiger partial charge in [-0.1, -0.05) is 60.7 Å². The van der Waals surface area contributed by atoms with Crippen molar-refractivity contribution in [2.75, 3.05) is 11.4 Å². The van der Waals surface area contributed by atoms with Crippen molar-refractivity contribution in [3.8, 4) is 0 Å². The molecule has 0 saturated carbocycles. The van der Waals surface area contributed by atoms with E-state index >= 15 is 0 Å². The summed E-state index contributed by atoms with van der Waals surface area (Å²) in [4.78, 5) is 33.6. The Labute approximate surface area is 183 Å². The van der Waals surface area contributed by atoms with Crippen LogP contribution in [0.5, 0.6) is 0 Å². The Balaban J connectivity index is 1.54. The highest BCUT2D eigenvalue weighted by molar-refractivity contribution is 5.85. The number of rotatable bonds is 3. The topological polar surface area (TPSA) is 65.1 Å². The number of hydrogen-bond donors (Lipinski definition) is 0. The Hall–Kier alpha value is -4.13. The van der Waals surface area contributed by atoms with Crippen molar-refractivity contribution in [2.45, 2.75) is 13.1 Å². The first kappa shape index (κ1) is 18.6. The Kier molecular flexibility index (Phi) is 4.04. The first-order valence-electron chi connectivity index (χ1n) is 10.6. The molecule has 1 aliphatic rings. The number of aromatic nitrogens is 4. The fourth-order valence-corrected chi connectivity index (χ4v) is 4.67. The molecular formula is C25H21N5O2. The predicted molar refractivity (Wildman–Crippen MR) is 126 cm³/mol. The Bertz CT molecular complexity index is 1610. The quantitative estimate of drug-likeness (QED) is 0.447. The molecule has 0 radical (unpaired) electrons. The largest absolute Gasteiger partial charge is 0.332 e. The molecule has 5 aromatic rings. The molecule has 0 spiro atoms. The van der Waals surface area contributed by atoms with Crippen LogP contribution in [0.4, 0.5) is 11.6 Å². The molecule has 0 atom stereocenters. The fraction of sp³-hybridized carbons (Fsp3) is 0.160. The number of benzene rings is 3. The van der Waals surface area contributed by atoms with Gasteiger partial charge in [-0.3, -0.25) is 13.9 Å². The normalized spacial score (nSPS) is 13.2. The predicted octanol–water partition coefficient (Wildman–Crippen LogP) is 3.25. The molecule has 1 aliphatic heterocycles. The smallest absolute Gasteiger partial charge is 0.310 e. The van der Waals surface area contributed by atoms with Gasteiger partial charge in [0, 0.05) is 25.8 Å². The van der Waals surface area contributed by atoms with E-state index in [0.29, 0.717) is 23.7 Å². The zero-order valence-corrected chi connectivity index (χ0v) is 17.6. The minimum Gasteiger partial charge on any atom is -0.310 e. The van der Waals surface area contributed by atoms with Crippen molar-refractivity contribution in [1.82, 2.24) is 18.7 Å². The second-order valence-corrected chi connectivity index (χ2v) is 8.09. The average Bonchev–Trinajstić information content (AvgIpc) is 3.41. The van der Waals surface area contributed by atoms with Gasteiger partial charge in [-0.2, -0.15) is 4.98 Å². The molecule has 0 fully saturated rings. The monoisotopic (exact) mass is 423 g/mol. The minimum absolute atomic E-state index is 0.214. The van der Waals surface area contributed by atoms with E-state index in [0.717, 1.165) is 28.6 Å². The standard InChI is InChI=1S/C25H21N5O2/c1-27-22-21(29-15-14-28(24(29)26-22)19-11-3-2-4-12-19)23(31)30(25(27)32)16-18-10-7-9-17-8-5-6-13-20(17)18/h2-13H,14-16H2,1H3. The van der Waals surface area contributed by atoms with Crippen LogP contribution in [-0.2, 0) is 20.1 Å². The Morgan fingerprint density at radius 1 is 0.875 bits per heavy atom. The highest BCUT2D eigenvalue weighted by atomic mass is 16.2. The molecule has 0 saturated heterocycles. The highest BCUT2D eigenvalue weighted by Gasteiger charge is 2.28. The van der Waals surface area contributed by atoms with Gasteiger partial charge in [0.05, 0.1) is 6.54 Å². The van der Waals surface area contributed by atoms with Crippen LogP contribution in [0.25, 0.3) is 21.9 Å². The third-order valence-corrected chi connectivity index (χ3v) is 6.28. The van der Waals surface area contributed by atoms with Crippen molar-refractivity contribution < 1.29 is 0 Å². The van der Waals surface area contributed by atoms with E-state index in [9.17, 15) is 9.59 Å². The Morgan fingerprint density at radius 2 is 1.62 bits per heavy atom. The van der Waals surface area contributed by atoms with Crippen molar-refractivity contribution >= 4 is 33.6 Å². The van der Waals surface area contributed by atoms with Gasteiger partial charge in [-0.05, 0) is 28.5 Å². The van der Waals surface area contributed by atoms with Gasteiger partial charge in [0.15, 0.2) is 11.2 Å². The molecule has 7 heteroatoms. The number of aryl methyl sites for hydroxylation is 1. The van der Waals surface area contributed by atoms with E-state index < -0.39 is 0 Å². The van der Waals surface area contributed by atoms with Gasteiger partial charge >= 0.3 is 5.69 Å². The summed E-state index contributed by atoms with van der Waals surface area (Å²) in [7, 11) is 1.68. The van der Waals surface area contributed by atoms with Crippen LogP contribution in [0.15, 0.2) is 82.4 Å². The Morgan fingerprint density at radius 3 is 2.47 bits per heavy atom. The van der Waals surface area contributed by atoms with Gasteiger partial charge in [-0.15, -0.1) is 0 Å². The molecule has 0 unspecified atom stereocenters. The fourth-order valence-electron chi connectivity index (χ4n) is 4.67. The van der Waals surface area contributed by atoms with Crippen molar-refractivity contribution in [3.63, 3.8) is 0 Å². The lowest BCUT2D eigenvalue weighted by molar-refractivity contribution is 0.654. The number of fused-ring (bicyclic) bond motifs is 4. The van der Waals surface area contributed by atoms with E-state index in [2.05, 4.69) is 4.90 Å². The molecule has 3 aromatic carbocycles. The lowest BCUT2D eigenvalue weighted by Gasteiger charge is -2.15. The SMILES string of the molecule is Cn1c(=O)n(Cc2cccc3ccccc23)c(=O)c2c1nc1n2CCN1c1ccccc1. The van der Waals surface area contributed by atoms with Crippen molar-refractivity contribution in [2.24, 2.45) is 7.05 Å². The lowest BCUT2D eigenvalue weighted by Crippen LogP contribution is -2.40. The number of imidazole rings is 1. The number of nitrogens with zero attached hydrogens (tertiary/aromatic N) is 5. The molecule has 7 nitrogen and oxygen atoms in total. The van der Waals surface area contributed by atoms with E-state index in [1.165, 1.54) is 9.13 Å². The van der Waals surface area contributed by atoms with Gasteiger partial charge in [0.2, 0.25) is 5.95 Å². The van der Waals surface area contributed by atoms with Crippen LogP contribution in [-0.4, -0.2) is 25.2 Å². The van der Waals surface area contributed by atoms with Gasteiger partial charge in [-0.25, -0.2) is 4.79 Å². The molecule has 2 aromatic heterocycles. The van der Waals surface area contributed by atoms with Crippen LogP contribution in [0.1, 0.15) is 5.56 Å². The van der Waals surface area contributed by atoms with Crippen LogP contribution in [0, 0.1) is 0 Å². The van der Waals surface area contributed by atoms with Gasteiger partial charge < -0.3 is 9.47 Å². The second kappa shape index (κ2) is 6.95. The summed E-state index contributed by atoms with van der Waals surface area (Å²) in [6.07, 6.45) is 0. The maximum Gasteiger partial charge on any atom is 0.332 e. The van der Waals surface area contributed by atoms with Gasteiger partial charge in [0.1, 0.15) is 0 Å². The van der Waals surface area contributed by atoms with E-state index in [1.807, 2.05) is 77.4 Å². The molecular weight excluding hydrogens is 402 g/mol. The maximum absolute atomic E-state index is 13.6. The first-order chi connectivity index (χ1) is 15.6. The van der Waals surface area contributed by atoms with Crippen LogP contribution >= 0.6 is 0 Å². The summed E-state index contributed by atoms with van der Waals surface area (Å²) in [5.41, 5.74) is 2.19. The lowest BCUT2D eigenvalue weighted by atomic mass is 10.0. The molecule has 3 heterocycles. The molecule has 0 N–H and O–H groups in total. The molecule has 158 valence electrons. The highest BCUT2D eigenvalue weighted by Crippen LogP contribution is 2.31. The molecule has 0 amide bonds. The molecule has 0 aliphatic carbocycles. The third-order valence-electron chi connectivity index (χ3n) is 6.28. The summed E-state index contributed by atoms with van der Waals surface area (Å²) in [5, 5.41) is 2.12. The number of hydrogen-bond acceptors (Lipinski definition) is 4. The van der Waals surface area contributed by atoms with Crippen molar-refractivity contribution in [3.05, 3.63) is 99.2 Å². The van der Waals surface area contributed by atoms with E-state index in [4.69, 9.17) is 4.98 Å². The molecule has 6 rings (SSSR count). The summed E-state index contributed by atoms with van der Waals surface area (Å²) in [5.74, 6) is 0.696. The number of para-hydroxylation sites is 1. The molecule has 0 bridgehead atoms. The summed E-state index contributed by atoms with van der Waals surface area (Å²) >= 11 is 0. The summed E-state index contributed by atoms with van der Waals surface area (Å²) in [6, 6.07) is 23.9. The van der Waals surface area contributed by atoms with E-state index in [-0.39, 0.29) is 17.8 Å². The van der Waals surface area contributed by atoms with Crippen LogP contribution < -0.4 is 16.1 Å². The first-order valence-corrected chi connectivity index (χ1v) is 10.6. The second-order valence-electron chi connectivity index (χ2n) is 8.09. The zero-order valence-electron chi connectivity index (χ0n) is 17.6. The maximum atomic E-state index is 13.6. The van der Waals surface area contributed by atoms with Crippen molar-refractivity contribution in [1.29, 1.82) is 0 Å². The van der Waals surface area contributed by atoms with E-state index in [1.54, 1.807) is 7.05 Å². The van der Waals surface area contributed by atoms with Crippen LogP contribution in [0.2, 0.25) is 0 Å². The van der Waals surface area contributed by atoms with Crippen LogP contribution in [0.3, 0.4) is 0 Å². The third kappa shape index (κ3) is 2.64. The minimum atomic E-state index is -0.363. The molecule has 32 heavy (non-hydrogen) atoms. The average molecular weight is 423 g/mol.